The second kappa shape index (κ2) is 4.08. The topological polar surface area (TPSA) is 15.6 Å². The number of hydrogen-bond donors (Lipinski definition) is 0. The van der Waals surface area contributed by atoms with Gasteiger partial charge in [0.25, 0.3) is 0 Å². The fraction of sp³-hybridized carbons (Fsp3) is 0.364. The van der Waals surface area contributed by atoms with E-state index in [4.69, 9.17) is 0 Å². The summed E-state index contributed by atoms with van der Waals surface area (Å²) in [6.45, 7) is 2.09. The molecule has 0 saturated carbocycles. The van der Waals surface area contributed by atoms with Crippen LogP contribution in [-0.4, -0.2) is 31.9 Å². The number of benzene rings is 1. The lowest BCUT2D eigenvalue weighted by Gasteiger charge is -2.15. The summed E-state index contributed by atoms with van der Waals surface area (Å²) in [5.41, 5.74) is 2.44. The molecule has 1 rings (SSSR count). The summed E-state index contributed by atoms with van der Waals surface area (Å²) in [6, 6.07) is 8.36. The fourth-order valence-corrected chi connectivity index (χ4v) is 1.37. The lowest BCUT2D eigenvalue weighted by atomic mass is 10.1. The molecule has 0 N–H and O–H groups in total. The minimum atomic E-state index is 1.02. The van der Waals surface area contributed by atoms with Crippen LogP contribution in [0.5, 0.6) is 0 Å². The Labute approximate surface area is 79.9 Å². The molecule has 13 heavy (non-hydrogen) atoms. The molecule has 2 heteroatoms. The SMILES string of the molecule is CN=C(c1cccc(C)c1)N(C)C. The Morgan fingerprint density at radius 2 is 2.00 bits per heavy atom. The Hall–Kier alpha value is -1.31. The van der Waals surface area contributed by atoms with Gasteiger partial charge in [0.2, 0.25) is 0 Å². The van der Waals surface area contributed by atoms with Crippen LogP contribution in [0.2, 0.25) is 0 Å². The zero-order valence-corrected chi connectivity index (χ0v) is 8.70. The highest BCUT2D eigenvalue weighted by Crippen LogP contribution is 2.06. The Morgan fingerprint density at radius 1 is 1.31 bits per heavy atom. The van der Waals surface area contributed by atoms with Gasteiger partial charge in [0, 0.05) is 26.7 Å². The van der Waals surface area contributed by atoms with Gasteiger partial charge in [0.15, 0.2) is 0 Å². The average Bonchev–Trinajstić information content (AvgIpc) is 2.04. The van der Waals surface area contributed by atoms with Crippen molar-refractivity contribution in [3.05, 3.63) is 35.4 Å². The number of hydrogen-bond acceptors (Lipinski definition) is 1. The van der Waals surface area contributed by atoms with Gasteiger partial charge < -0.3 is 4.90 Å². The van der Waals surface area contributed by atoms with E-state index in [9.17, 15) is 0 Å². The van der Waals surface area contributed by atoms with Crippen LogP contribution in [0.1, 0.15) is 11.1 Å². The molecule has 0 fully saturated rings. The first-order chi connectivity index (χ1) is 6.15. The van der Waals surface area contributed by atoms with E-state index in [-0.39, 0.29) is 0 Å². The molecule has 0 aliphatic carbocycles. The van der Waals surface area contributed by atoms with Crippen molar-refractivity contribution in [2.24, 2.45) is 4.99 Å². The molecule has 0 unspecified atom stereocenters. The molecule has 0 amide bonds. The van der Waals surface area contributed by atoms with Gasteiger partial charge in [-0.15, -0.1) is 0 Å². The Morgan fingerprint density at radius 3 is 2.46 bits per heavy atom. The maximum Gasteiger partial charge on any atom is 0.130 e. The Balaban J connectivity index is 3.06. The highest BCUT2D eigenvalue weighted by molar-refractivity contribution is 5.98. The van der Waals surface area contributed by atoms with Crippen LogP contribution < -0.4 is 0 Å². The maximum atomic E-state index is 4.24. The average molecular weight is 176 g/mol. The summed E-state index contributed by atoms with van der Waals surface area (Å²) in [7, 11) is 5.83. The van der Waals surface area contributed by atoms with E-state index in [0.717, 1.165) is 5.84 Å². The third kappa shape index (κ3) is 2.31. The standard InChI is InChI=1S/C11H16N2/c1-9-6-5-7-10(8-9)11(12-2)13(3)4/h5-8H,1-4H3. The number of rotatable bonds is 1. The van der Waals surface area contributed by atoms with E-state index in [1.165, 1.54) is 11.1 Å². The van der Waals surface area contributed by atoms with Gasteiger partial charge in [0.05, 0.1) is 0 Å². The molecule has 0 heterocycles. The summed E-state index contributed by atoms with van der Waals surface area (Å²) >= 11 is 0. The maximum absolute atomic E-state index is 4.24. The largest absolute Gasteiger partial charge is 0.363 e. The summed E-state index contributed by atoms with van der Waals surface area (Å²) in [4.78, 5) is 6.26. The fourth-order valence-electron chi connectivity index (χ4n) is 1.37. The minimum absolute atomic E-state index is 1.02. The molecule has 0 aromatic heterocycles. The molecule has 0 saturated heterocycles. The van der Waals surface area contributed by atoms with Crippen molar-refractivity contribution in [1.29, 1.82) is 0 Å². The molecule has 0 spiro atoms. The number of aliphatic imine (C=N–C) groups is 1. The molecule has 0 bridgehead atoms. The van der Waals surface area contributed by atoms with E-state index in [0.29, 0.717) is 0 Å². The molecule has 0 radical (unpaired) electrons. The summed E-state index contributed by atoms with van der Waals surface area (Å²) in [5.74, 6) is 1.02. The van der Waals surface area contributed by atoms with E-state index in [2.05, 4.69) is 36.2 Å². The third-order valence-corrected chi connectivity index (χ3v) is 1.91. The monoisotopic (exact) mass is 176 g/mol. The van der Waals surface area contributed by atoms with Crippen LogP contribution in [-0.2, 0) is 0 Å². The Kier molecular flexibility index (Phi) is 3.07. The minimum Gasteiger partial charge on any atom is -0.363 e. The molecule has 0 atom stereocenters. The van der Waals surface area contributed by atoms with Gasteiger partial charge in [-0.25, -0.2) is 0 Å². The summed E-state index contributed by atoms with van der Waals surface area (Å²) in [6.07, 6.45) is 0. The molecule has 1 aromatic carbocycles. The van der Waals surface area contributed by atoms with Gasteiger partial charge in [-0.3, -0.25) is 4.99 Å². The second-order valence-electron chi connectivity index (χ2n) is 3.31. The van der Waals surface area contributed by atoms with Crippen molar-refractivity contribution in [2.75, 3.05) is 21.1 Å². The molecule has 0 aliphatic heterocycles. The number of aryl methyl sites for hydroxylation is 1. The normalized spacial score (nSPS) is 11.5. The molecule has 2 nitrogen and oxygen atoms in total. The molecule has 1 aromatic rings. The first-order valence-corrected chi connectivity index (χ1v) is 4.36. The first-order valence-electron chi connectivity index (χ1n) is 4.36. The predicted octanol–water partition coefficient (Wildman–Crippen LogP) is 1.93. The van der Waals surface area contributed by atoms with Crippen LogP contribution in [0.15, 0.2) is 29.3 Å². The van der Waals surface area contributed by atoms with Crippen molar-refractivity contribution in [3.8, 4) is 0 Å². The molecule has 70 valence electrons. The van der Waals surface area contributed by atoms with Crippen molar-refractivity contribution < 1.29 is 0 Å². The zero-order chi connectivity index (χ0) is 9.84. The molecular weight excluding hydrogens is 160 g/mol. The lowest BCUT2D eigenvalue weighted by Crippen LogP contribution is -2.22. The molecule has 0 aliphatic rings. The molecular formula is C11H16N2. The van der Waals surface area contributed by atoms with E-state index < -0.39 is 0 Å². The smallest absolute Gasteiger partial charge is 0.130 e. The summed E-state index contributed by atoms with van der Waals surface area (Å²) in [5, 5.41) is 0. The van der Waals surface area contributed by atoms with Gasteiger partial charge in [-0.2, -0.15) is 0 Å². The van der Waals surface area contributed by atoms with Crippen LogP contribution in [0, 0.1) is 6.92 Å². The first kappa shape index (κ1) is 9.78. The number of nitrogens with zero attached hydrogens (tertiary/aromatic N) is 2. The summed E-state index contributed by atoms with van der Waals surface area (Å²) < 4.78 is 0. The van der Waals surface area contributed by atoms with Crippen LogP contribution in [0.25, 0.3) is 0 Å². The van der Waals surface area contributed by atoms with E-state index >= 15 is 0 Å². The van der Waals surface area contributed by atoms with Crippen LogP contribution in [0.3, 0.4) is 0 Å². The van der Waals surface area contributed by atoms with Gasteiger partial charge >= 0.3 is 0 Å². The predicted molar refractivity (Wildman–Crippen MR) is 57.3 cm³/mol. The highest BCUT2D eigenvalue weighted by atomic mass is 15.1. The number of amidine groups is 1. The Bertz CT molecular complexity index is 314. The quantitative estimate of drug-likeness (QED) is 0.471. The van der Waals surface area contributed by atoms with Crippen molar-refractivity contribution >= 4 is 5.84 Å². The van der Waals surface area contributed by atoms with Crippen molar-refractivity contribution in [3.63, 3.8) is 0 Å². The van der Waals surface area contributed by atoms with Gasteiger partial charge in [0.1, 0.15) is 5.84 Å². The van der Waals surface area contributed by atoms with Crippen molar-refractivity contribution in [1.82, 2.24) is 4.90 Å². The van der Waals surface area contributed by atoms with Crippen LogP contribution >= 0.6 is 0 Å². The zero-order valence-electron chi connectivity index (χ0n) is 8.70. The second-order valence-corrected chi connectivity index (χ2v) is 3.31. The van der Waals surface area contributed by atoms with E-state index in [1.807, 2.05) is 26.0 Å². The third-order valence-electron chi connectivity index (χ3n) is 1.91. The lowest BCUT2D eigenvalue weighted by molar-refractivity contribution is 0.622. The van der Waals surface area contributed by atoms with Gasteiger partial charge in [-0.05, 0) is 13.0 Å². The van der Waals surface area contributed by atoms with Crippen LogP contribution in [0.4, 0.5) is 0 Å². The van der Waals surface area contributed by atoms with Gasteiger partial charge in [-0.1, -0.05) is 23.8 Å². The highest BCUT2D eigenvalue weighted by Gasteiger charge is 2.03. The van der Waals surface area contributed by atoms with E-state index in [1.54, 1.807) is 0 Å². The van der Waals surface area contributed by atoms with Crippen molar-refractivity contribution in [2.45, 2.75) is 6.92 Å².